The van der Waals surface area contributed by atoms with E-state index < -0.39 is 0 Å². The first-order valence-electron chi connectivity index (χ1n) is 17.8. The molecular weight excluding hydrogens is 643 g/mol. The molecule has 0 saturated heterocycles. The van der Waals surface area contributed by atoms with Crippen LogP contribution in [0.15, 0.2) is 194 Å². The quantitative estimate of drug-likeness (QED) is 0.0865. The lowest BCUT2D eigenvalue weighted by atomic mass is 9.87. The van der Waals surface area contributed by atoms with Gasteiger partial charge in [0.05, 0.1) is 28.1 Å². The molecule has 0 bridgehead atoms. The van der Waals surface area contributed by atoms with Gasteiger partial charge in [0.1, 0.15) is 0 Å². The van der Waals surface area contributed by atoms with E-state index in [-0.39, 0.29) is 0 Å². The molecule has 0 aliphatic heterocycles. The van der Waals surface area contributed by atoms with E-state index in [2.05, 4.69) is 182 Å². The fraction of sp³-hybridized carbons (Fsp3) is 0.0200. The molecule has 0 amide bonds. The molecule has 53 heavy (non-hydrogen) atoms. The van der Waals surface area contributed by atoms with Gasteiger partial charge in [-0.25, -0.2) is 9.97 Å². The normalized spacial score (nSPS) is 12.0. The van der Waals surface area contributed by atoms with Gasteiger partial charge in [-0.05, 0) is 87.0 Å². The van der Waals surface area contributed by atoms with Crippen LogP contribution in [-0.2, 0) is 0 Å². The van der Waals surface area contributed by atoms with E-state index in [0.717, 1.165) is 49.9 Å². The summed E-state index contributed by atoms with van der Waals surface area (Å²) in [6.07, 6.45) is 11.7. The predicted molar refractivity (Wildman–Crippen MR) is 227 cm³/mol. The maximum atomic E-state index is 5.24. The van der Waals surface area contributed by atoms with Crippen LogP contribution in [0.4, 0.5) is 0 Å². The Morgan fingerprint density at radius 2 is 1.21 bits per heavy atom. The summed E-state index contributed by atoms with van der Waals surface area (Å²) in [7, 11) is 0. The van der Waals surface area contributed by atoms with E-state index >= 15 is 0 Å². The van der Waals surface area contributed by atoms with Crippen LogP contribution in [0, 0.1) is 0 Å². The van der Waals surface area contributed by atoms with Crippen molar-refractivity contribution in [2.45, 2.75) is 6.92 Å². The van der Waals surface area contributed by atoms with Crippen LogP contribution in [-0.4, -0.2) is 15.7 Å². The highest BCUT2D eigenvalue weighted by Crippen LogP contribution is 2.41. The summed E-state index contributed by atoms with van der Waals surface area (Å²) in [5.74, 6) is 0. The molecule has 3 nitrogen and oxygen atoms in total. The van der Waals surface area contributed by atoms with E-state index in [0.29, 0.717) is 5.71 Å². The van der Waals surface area contributed by atoms with Gasteiger partial charge >= 0.3 is 0 Å². The van der Waals surface area contributed by atoms with Crippen LogP contribution in [0.5, 0.6) is 0 Å². The average Bonchev–Trinajstić information content (AvgIpc) is 3.22. The second-order valence-corrected chi connectivity index (χ2v) is 12.8. The third kappa shape index (κ3) is 6.53. The average molecular weight is 680 g/mol. The Kier molecular flexibility index (Phi) is 9.21. The molecule has 0 saturated carbocycles. The second-order valence-electron chi connectivity index (χ2n) is 12.8. The molecule has 252 valence electrons. The number of hydrogen-bond acceptors (Lipinski definition) is 3. The monoisotopic (exact) mass is 679 g/mol. The lowest BCUT2D eigenvalue weighted by molar-refractivity contribution is 1.34. The fourth-order valence-electron chi connectivity index (χ4n) is 7.06. The molecule has 0 radical (unpaired) electrons. The lowest BCUT2D eigenvalue weighted by Gasteiger charge is -2.17. The SMILES string of the molecule is C=CN=C(C=C)c1ccc2ccc3ccc(-c4cccc(-c5c(/C=C\C=C/C)cc(-c6ccc(-c7ccccc7)cc6)c6ccccc56)c4)nc3c2n1. The summed E-state index contributed by atoms with van der Waals surface area (Å²) in [5, 5.41) is 4.44. The van der Waals surface area contributed by atoms with E-state index in [9.17, 15) is 0 Å². The fourth-order valence-corrected chi connectivity index (χ4v) is 7.06. The van der Waals surface area contributed by atoms with Crippen molar-refractivity contribution in [1.82, 2.24) is 9.97 Å². The zero-order valence-electron chi connectivity index (χ0n) is 29.6. The molecule has 0 aliphatic rings. The topological polar surface area (TPSA) is 38.1 Å². The van der Waals surface area contributed by atoms with Crippen LogP contribution in [0.2, 0.25) is 0 Å². The third-order valence-corrected chi connectivity index (χ3v) is 9.61. The number of fused-ring (bicyclic) bond motifs is 4. The summed E-state index contributed by atoms with van der Waals surface area (Å²) >= 11 is 0. The smallest absolute Gasteiger partial charge is 0.0973 e. The van der Waals surface area contributed by atoms with E-state index in [1.807, 2.05) is 13.0 Å². The Morgan fingerprint density at radius 1 is 0.566 bits per heavy atom. The van der Waals surface area contributed by atoms with E-state index in [4.69, 9.17) is 9.97 Å². The highest BCUT2D eigenvalue weighted by atomic mass is 14.8. The lowest BCUT2D eigenvalue weighted by Crippen LogP contribution is -2.00. The van der Waals surface area contributed by atoms with Gasteiger partial charge in [0.2, 0.25) is 0 Å². The van der Waals surface area contributed by atoms with Crippen LogP contribution in [0.3, 0.4) is 0 Å². The number of aromatic nitrogens is 2. The molecule has 6 aromatic carbocycles. The van der Waals surface area contributed by atoms with Crippen LogP contribution in [0.25, 0.3) is 83.3 Å². The van der Waals surface area contributed by atoms with Gasteiger partial charge in [-0.15, -0.1) is 0 Å². The van der Waals surface area contributed by atoms with Crippen molar-refractivity contribution in [2.75, 3.05) is 0 Å². The summed E-state index contributed by atoms with van der Waals surface area (Å²) in [5.41, 5.74) is 13.2. The largest absolute Gasteiger partial charge is 0.255 e. The Bertz CT molecular complexity index is 2750. The maximum absolute atomic E-state index is 5.24. The van der Waals surface area contributed by atoms with Crippen molar-refractivity contribution in [3.05, 3.63) is 201 Å². The first-order chi connectivity index (χ1) is 26.1. The molecular formula is C50H37N3. The van der Waals surface area contributed by atoms with Crippen molar-refractivity contribution in [3.63, 3.8) is 0 Å². The Balaban J connectivity index is 1.27. The summed E-state index contributed by atoms with van der Waals surface area (Å²) < 4.78 is 0. The summed E-state index contributed by atoms with van der Waals surface area (Å²) in [6.45, 7) is 9.71. The Hall–Kier alpha value is -6.97. The number of allylic oxidation sites excluding steroid dienone is 4. The van der Waals surface area contributed by atoms with Crippen LogP contribution < -0.4 is 0 Å². The summed E-state index contributed by atoms with van der Waals surface area (Å²) in [4.78, 5) is 14.6. The van der Waals surface area contributed by atoms with Crippen LogP contribution in [0.1, 0.15) is 18.2 Å². The first-order valence-corrected chi connectivity index (χ1v) is 17.8. The molecule has 2 heterocycles. The van der Waals surface area contributed by atoms with Crippen molar-refractivity contribution >= 4 is 44.4 Å². The van der Waals surface area contributed by atoms with Gasteiger partial charge < -0.3 is 0 Å². The zero-order valence-corrected chi connectivity index (χ0v) is 29.6. The molecule has 0 fully saturated rings. The third-order valence-electron chi connectivity index (χ3n) is 9.61. The maximum Gasteiger partial charge on any atom is 0.0973 e. The number of nitrogens with zero attached hydrogens (tertiary/aromatic N) is 3. The van der Waals surface area contributed by atoms with E-state index in [1.54, 1.807) is 6.08 Å². The van der Waals surface area contributed by atoms with Gasteiger partial charge in [0, 0.05) is 22.5 Å². The molecule has 8 aromatic rings. The predicted octanol–water partition coefficient (Wildman–Crippen LogP) is 13.3. The Morgan fingerprint density at radius 3 is 1.96 bits per heavy atom. The van der Waals surface area contributed by atoms with Gasteiger partial charge in [0.15, 0.2) is 0 Å². The van der Waals surface area contributed by atoms with Crippen molar-refractivity contribution in [3.8, 4) is 44.6 Å². The molecule has 2 aromatic heterocycles. The second kappa shape index (κ2) is 14.7. The highest BCUT2D eigenvalue weighted by molar-refractivity contribution is 6.11. The van der Waals surface area contributed by atoms with Crippen molar-refractivity contribution in [2.24, 2.45) is 4.99 Å². The first kappa shape index (κ1) is 33.2. The minimum absolute atomic E-state index is 0.671. The Labute approximate surface area is 310 Å². The minimum Gasteiger partial charge on any atom is -0.255 e. The number of benzene rings is 6. The molecule has 8 rings (SSSR count). The molecule has 0 spiro atoms. The van der Waals surface area contributed by atoms with Crippen molar-refractivity contribution in [1.29, 1.82) is 0 Å². The van der Waals surface area contributed by atoms with Crippen molar-refractivity contribution < 1.29 is 0 Å². The number of aliphatic imine (C=N–C) groups is 1. The van der Waals surface area contributed by atoms with E-state index in [1.165, 1.54) is 44.8 Å². The molecule has 0 atom stereocenters. The highest BCUT2D eigenvalue weighted by Gasteiger charge is 2.16. The molecule has 3 heteroatoms. The van der Waals surface area contributed by atoms with Gasteiger partial charge in [-0.1, -0.05) is 159 Å². The van der Waals surface area contributed by atoms with Gasteiger partial charge in [0.25, 0.3) is 0 Å². The number of rotatable bonds is 9. The molecule has 0 unspecified atom stereocenters. The minimum atomic E-state index is 0.671. The standard InChI is InChI=1S/C50H37N3/c1-4-7-9-17-41-33-44(36-24-22-35(23-25-36)34-15-10-8-11-16-34)42-20-12-13-21-43(42)48(41)40-19-14-18-39(32-40)46-30-28-37-26-27-38-29-31-47(45(5-2)51-6-3)53-50(38)49(37)52-46/h4-33H,2-3H2,1H3/b7-4-,17-9-,51-45?. The zero-order chi connectivity index (χ0) is 36.1. The van der Waals surface area contributed by atoms with Crippen LogP contribution >= 0.6 is 0 Å². The molecule has 0 aliphatic carbocycles. The number of pyridine rings is 2. The molecule has 0 N–H and O–H groups in total. The summed E-state index contributed by atoms with van der Waals surface area (Å²) in [6, 6.07) is 51.6. The number of hydrogen-bond donors (Lipinski definition) is 0. The van der Waals surface area contributed by atoms with Gasteiger partial charge in [-0.3, -0.25) is 4.99 Å². The van der Waals surface area contributed by atoms with Gasteiger partial charge in [-0.2, -0.15) is 0 Å².